The predicted octanol–water partition coefficient (Wildman–Crippen LogP) is 2.80. The van der Waals surface area contributed by atoms with Gasteiger partial charge in [-0.15, -0.1) is 12.4 Å². The van der Waals surface area contributed by atoms with Gasteiger partial charge in [-0.05, 0) is 43.1 Å². The molecular formula is C16H23ClN2O. The summed E-state index contributed by atoms with van der Waals surface area (Å²) >= 11 is 0. The van der Waals surface area contributed by atoms with Crippen LogP contribution in [-0.4, -0.2) is 11.9 Å². The van der Waals surface area contributed by atoms with Gasteiger partial charge in [0.2, 0.25) is 5.91 Å². The van der Waals surface area contributed by atoms with Gasteiger partial charge in [0.25, 0.3) is 0 Å². The normalized spacial score (nSPS) is 19.3. The van der Waals surface area contributed by atoms with Crippen molar-refractivity contribution in [2.75, 3.05) is 0 Å². The number of amides is 1. The van der Waals surface area contributed by atoms with Crippen LogP contribution in [0.25, 0.3) is 0 Å². The van der Waals surface area contributed by atoms with Crippen LogP contribution in [0, 0.1) is 11.8 Å². The Balaban J connectivity index is 0.00000147. The van der Waals surface area contributed by atoms with Gasteiger partial charge in [-0.1, -0.05) is 30.3 Å². The van der Waals surface area contributed by atoms with E-state index in [1.54, 1.807) is 0 Å². The SMILES string of the molecule is Cl.NC(CC(=O)NC(C1CC1)C1CC1)c1ccccc1. The summed E-state index contributed by atoms with van der Waals surface area (Å²) < 4.78 is 0. The van der Waals surface area contributed by atoms with E-state index in [1.165, 1.54) is 25.7 Å². The molecule has 0 bridgehead atoms. The Hall–Kier alpha value is -1.06. The molecule has 1 amide bonds. The van der Waals surface area contributed by atoms with Gasteiger partial charge in [0.1, 0.15) is 0 Å². The first-order valence-electron chi connectivity index (χ1n) is 7.34. The maximum absolute atomic E-state index is 12.1. The molecule has 20 heavy (non-hydrogen) atoms. The zero-order valence-electron chi connectivity index (χ0n) is 11.6. The second kappa shape index (κ2) is 6.59. The Labute approximate surface area is 126 Å². The minimum Gasteiger partial charge on any atom is -0.353 e. The van der Waals surface area contributed by atoms with Gasteiger partial charge >= 0.3 is 0 Å². The lowest BCUT2D eigenvalue weighted by Gasteiger charge is -2.19. The number of nitrogens with one attached hydrogen (secondary N) is 1. The molecule has 2 aliphatic carbocycles. The Morgan fingerprint density at radius 1 is 1.15 bits per heavy atom. The van der Waals surface area contributed by atoms with Crippen molar-refractivity contribution in [1.29, 1.82) is 0 Å². The van der Waals surface area contributed by atoms with Crippen molar-refractivity contribution in [2.45, 2.75) is 44.2 Å². The van der Waals surface area contributed by atoms with Gasteiger partial charge in [0.15, 0.2) is 0 Å². The van der Waals surface area contributed by atoms with E-state index in [0.29, 0.717) is 12.5 Å². The molecule has 0 saturated heterocycles. The summed E-state index contributed by atoms with van der Waals surface area (Å²) in [7, 11) is 0. The summed E-state index contributed by atoms with van der Waals surface area (Å²) in [5, 5.41) is 3.22. The van der Waals surface area contributed by atoms with Crippen molar-refractivity contribution in [2.24, 2.45) is 17.6 Å². The highest BCUT2D eigenvalue weighted by Gasteiger charge is 2.42. The summed E-state index contributed by atoms with van der Waals surface area (Å²) in [6.07, 6.45) is 5.52. The van der Waals surface area contributed by atoms with Crippen LogP contribution >= 0.6 is 12.4 Å². The fourth-order valence-corrected chi connectivity index (χ4v) is 2.79. The Morgan fingerprint density at radius 3 is 2.20 bits per heavy atom. The van der Waals surface area contributed by atoms with Crippen LogP contribution in [0.15, 0.2) is 30.3 Å². The minimum atomic E-state index is -0.194. The van der Waals surface area contributed by atoms with Gasteiger partial charge in [0.05, 0.1) is 0 Å². The molecule has 3 rings (SSSR count). The molecule has 1 aromatic carbocycles. The lowest BCUT2D eigenvalue weighted by Crippen LogP contribution is -2.39. The smallest absolute Gasteiger partial charge is 0.222 e. The third-order valence-corrected chi connectivity index (χ3v) is 4.22. The highest BCUT2D eigenvalue weighted by molar-refractivity contribution is 5.85. The molecular weight excluding hydrogens is 272 g/mol. The lowest BCUT2D eigenvalue weighted by molar-refractivity contribution is -0.122. The van der Waals surface area contributed by atoms with Crippen LogP contribution in [0.3, 0.4) is 0 Å². The molecule has 4 heteroatoms. The maximum atomic E-state index is 12.1. The predicted molar refractivity (Wildman–Crippen MR) is 82.6 cm³/mol. The Bertz CT molecular complexity index is 431. The summed E-state index contributed by atoms with van der Waals surface area (Å²) in [6.45, 7) is 0. The van der Waals surface area contributed by atoms with E-state index < -0.39 is 0 Å². The number of nitrogens with two attached hydrogens (primary N) is 1. The molecule has 0 spiro atoms. The molecule has 0 radical (unpaired) electrons. The highest BCUT2D eigenvalue weighted by Crippen LogP contribution is 2.44. The molecule has 1 aromatic rings. The number of carbonyl (C=O) groups is 1. The Morgan fingerprint density at radius 2 is 1.70 bits per heavy atom. The highest BCUT2D eigenvalue weighted by atomic mass is 35.5. The molecule has 3 nitrogen and oxygen atoms in total. The summed E-state index contributed by atoms with van der Waals surface area (Å²) in [6, 6.07) is 10.1. The van der Waals surface area contributed by atoms with Crippen molar-refractivity contribution in [3.8, 4) is 0 Å². The van der Waals surface area contributed by atoms with Crippen molar-refractivity contribution in [3.05, 3.63) is 35.9 Å². The van der Waals surface area contributed by atoms with Crippen LogP contribution in [0.5, 0.6) is 0 Å². The number of hydrogen-bond acceptors (Lipinski definition) is 2. The zero-order valence-corrected chi connectivity index (χ0v) is 12.4. The van der Waals surface area contributed by atoms with Crippen molar-refractivity contribution >= 4 is 18.3 Å². The van der Waals surface area contributed by atoms with E-state index in [9.17, 15) is 4.79 Å². The second-order valence-electron chi connectivity index (χ2n) is 5.99. The quantitative estimate of drug-likeness (QED) is 0.847. The van der Waals surface area contributed by atoms with Crippen LogP contribution in [0.2, 0.25) is 0 Å². The number of hydrogen-bond donors (Lipinski definition) is 2. The zero-order chi connectivity index (χ0) is 13.2. The third kappa shape index (κ3) is 3.97. The molecule has 2 saturated carbocycles. The molecule has 2 aliphatic rings. The maximum Gasteiger partial charge on any atom is 0.222 e. The van der Waals surface area contributed by atoms with Gasteiger partial charge in [-0.25, -0.2) is 0 Å². The monoisotopic (exact) mass is 294 g/mol. The number of benzene rings is 1. The molecule has 1 atom stereocenters. The molecule has 0 aromatic heterocycles. The van der Waals surface area contributed by atoms with E-state index >= 15 is 0 Å². The average molecular weight is 295 g/mol. The van der Waals surface area contributed by atoms with Crippen molar-refractivity contribution in [3.63, 3.8) is 0 Å². The van der Waals surface area contributed by atoms with Gasteiger partial charge in [0, 0.05) is 18.5 Å². The van der Waals surface area contributed by atoms with Crippen molar-refractivity contribution < 1.29 is 4.79 Å². The molecule has 3 N–H and O–H groups in total. The number of halogens is 1. The van der Waals surface area contributed by atoms with E-state index in [2.05, 4.69) is 5.32 Å². The fraction of sp³-hybridized carbons (Fsp3) is 0.562. The van der Waals surface area contributed by atoms with Gasteiger partial charge in [-0.3, -0.25) is 4.79 Å². The molecule has 1 unspecified atom stereocenters. The number of rotatable bonds is 6. The summed E-state index contributed by atoms with van der Waals surface area (Å²) in [5.41, 5.74) is 7.13. The molecule has 2 fully saturated rings. The number of carbonyl (C=O) groups excluding carboxylic acids is 1. The first-order chi connectivity index (χ1) is 9.24. The van der Waals surface area contributed by atoms with E-state index in [4.69, 9.17) is 5.73 Å². The largest absolute Gasteiger partial charge is 0.353 e. The molecule has 0 aliphatic heterocycles. The topological polar surface area (TPSA) is 55.1 Å². The van der Waals surface area contributed by atoms with Crippen LogP contribution in [0.4, 0.5) is 0 Å². The minimum absolute atomic E-state index is 0. The van der Waals surface area contributed by atoms with Gasteiger partial charge in [-0.2, -0.15) is 0 Å². The lowest BCUT2D eigenvalue weighted by atomic mass is 10.0. The van der Waals surface area contributed by atoms with Crippen LogP contribution in [-0.2, 0) is 4.79 Å². The Kier molecular flexibility index (Phi) is 5.06. The fourth-order valence-electron chi connectivity index (χ4n) is 2.79. The van der Waals surface area contributed by atoms with Gasteiger partial charge < -0.3 is 11.1 Å². The molecule has 110 valence electrons. The molecule has 0 heterocycles. The average Bonchev–Trinajstić information content (AvgIpc) is 3.30. The van der Waals surface area contributed by atoms with E-state index in [-0.39, 0.29) is 24.4 Å². The third-order valence-electron chi connectivity index (χ3n) is 4.22. The van der Waals surface area contributed by atoms with E-state index in [0.717, 1.165) is 17.4 Å². The van der Waals surface area contributed by atoms with Crippen LogP contribution in [0.1, 0.15) is 43.7 Å². The van der Waals surface area contributed by atoms with E-state index in [1.807, 2.05) is 30.3 Å². The van der Waals surface area contributed by atoms with Crippen molar-refractivity contribution in [1.82, 2.24) is 5.32 Å². The van der Waals surface area contributed by atoms with Crippen LogP contribution < -0.4 is 11.1 Å². The summed E-state index contributed by atoms with van der Waals surface area (Å²) in [5.74, 6) is 1.59. The second-order valence-corrected chi connectivity index (χ2v) is 5.99. The summed E-state index contributed by atoms with van der Waals surface area (Å²) in [4.78, 5) is 12.1. The first kappa shape index (κ1) is 15.3. The standard InChI is InChI=1S/C16H22N2O.ClH/c17-14(11-4-2-1-3-5-11)10-15(19)18-16(12-6-7-12)13-8-9-13;/h1-5,12-14,16H,6-10,17H2,(H,18,19);1H. The first-order valence-corrected chi connectivity index (χ1v) is 7.34.